The van der Waals surface area contributed by atoms with E-state index in [0.717, 1.165) is 52.6 Å². The molecule has 0 unspecified atom stereocenters. The normalized spacial score (nSPS) is 15.2. The van der Waals surface area contributed by atoms with Crippen molar-refractivity contribution >= 4 is 22.2 Å². The van der Waals surface area contributed by atoms with E-state index < -0.39 is 0 Å². The average Bonchev–Trinajstić information content (AvgIpc) is 3.37. The number of nitrogens with zero attached hydrogens (tertiary/aromatic N) is 5. The van der Waals surface area contributed by atoms with Crippen LogP contribution in [-0.2, 0) is 0 Å². The van der Waals surface area contributed by atoms with Crippen LogP contribution in [0.3, 0.4) is 0 Å². The Morgan fingerprint density at radius 3 is 2.39 bits per heavy atom. The number of benzene rings is 2. The summed E-state index contributed by atoms with van der Waals surface area (Å²) in [5.41, 5.74) is 3.03. The van der Waals surface area contributed by atoms with Gasteiger partial charge in [0.1, 0.15) is 11.3 Å². The molecule has 28 heavy (non-hydrogen) atoms. The molecule has 140 valence electrons. The van der Waals surface area contributed by atoms with Gasteiger partial charge in [0.2, 0.25) is 4.96 Å². The van der Waals surface area contributed by atoms with Gasteiger partial charge in [-0.2, -0.15) is 9.61 Å². The molecule has 5 rings (SSSR count). The van der Waals surface area contributed by atoms with Crippen molar-refractivity contribution in [1.29, 1.82) is 0 Å². The van der Waals surface area contributed by atoms with Gasteiger partial charge in [0.05, 0.1) is 0 Å². The summed E-state index contributed by atoms with van der Waals surface area (Å²) in [7, 11) is 0. The number of amides is 1. The van der Waals surface area contributed by atoms with Crippen molar-refractivity contribution in [2.45, 2.75) is 18.8 Å². The van der Waals surface area contributed by atoms with Gasteiger partial charge in [-0.25, -0.2) is 0 Å². The summed E-state index contributed by atoms with van der Waals surface area (Å²) >= 11 is 1.59. The van der Waals surface area contributed by atoms with E-state index in [0.29, 0.717) is 5.92 Å². The van der Waals surface area contributed by atoms with Gasteiger partial charge in [-0.15, -0.1) is 10.2 Å². The van der Waals surface area contributed by atoms with Crippen molar-refractivity contribution in [2.75, 3.05) is 13.1 Å². The lowest BCUT2D eigenvalue weighted by atomic mass is 9.97. The fourth-order valence-corrected chi connectivity index (χ4v) is 4.68. The van der Waals surface area contributed by atoms with Crippen LogP contribution >= 0.6 is 11.3 Å². The Kier molecular flexibility index (Phi) is 4.37. The maximum atomic E-state index is 12.9. The van der Waals surface area contributed by atoms with Crippen LogP contribution in [-0.4, -0.2) is 43.7 Å². The summed E-state index contributed by atoms with van der Waals surface area (Å²) in [5, 5.41) is 13.6. The standard InChI is InChI=1S/C21H19N5OS/c27-20(18-8-6-16(7-9-18)15-4-2-1-3-5-15)25-12-10-17(11-13-25)19-24-26-14-22-23-21(26)28-19/h1-9,14,17H,10-13H2. The molecule has 0 aliphatic carbocycles. The molecule has 1 amide bonds. The van der Waals surface area contributed by atoms with Crippen LogP contribution < -0.4 is 0 Å². The number of piperidine rings is 1. The third kappa shape index (κ3) is 3.18. The average molecular weight is 389 g/mol. The van der Waals surface area contributed by atoms with E-state index in [1.54, 1.807) is 22.2 Å². The first-order valence-corrected chi connectivity index (χ1v) is 10.2. The van der Waals surface area contributed by atoms with E-state index in [4.69, 9.17) is 0 Å². The number of fused-ring (bicyclic) bond motifs is 1. The summed E-state index contributed by atoms with van der Waals surface area (Å²) in [6.07, 6.45) is 3.49. The molecule has 1 fully saturated rings. The number of carbonyl (C=O) groups excluding carboxylic acids is 1. The number of hydrogen-bond acceptors (Lipinski definition) is 5. The lowest BCUT2D eigenvalue weighted by Crippen LogP contribution is -2.37. The highest BCUT2D eigenvalue weighted by Crippen LogP contribution is 2.31. The molecule has 0 N–H and O–H groups in total. The number of aromatic nitrogens is 4. The Balaban J connectivity index is 1.24. The van der Waals surface area contributed by atoms with Crippen molar-refractivity contribution in [3.05, 3.63) is 71.5 Å². The Morgan fingerprint density at radius 1 is 0.964 bits per heavy atom. The molecule has 4 aromatic rings. The monoisotopic (exact) mass is 389 g/mol. The van der Waals surface area contributed by atoms with Gasteiger partial charge in [-0.3, -0.25) is 4.79 Å². The maximum absolute atomic E-state index is 12.9. The smallest absolute Gasteiger partial charge is 0.253 e. The summed E-state index contributed by atoms with van der Waals surface area (Å²) in [4.78, 5) is 15.7. The molecule has 1 aliphatic heterocycles. The molecule has 0 atom stereocenters. The van der Waals surface area contributed by atoms with Gasteiger partial charge < -0.3 is 4.90 Å². The van der Waals surface area contributed by atoms with Crippen molar-refractivity contribution in [3.8, 4) is 11.1 Å². The van der Waals surface area contributed by atoms with Gasteiger partial charge in [0, 0.05) is 24.6 Å². The van der Waals surface area contributed by atoms with E-state index in [1.807, 2.05) is 47.4 Å². The van der Waals surface area contributed by atoms with Crippen LogP contribution in [0.15, 0.2) is 60.9 Å². The van der Waals surface area contributed by atoms with E-state index in [9.17, 15) is 4.79 Å². The van der Waals surface area contributed by atoms with E-state index >= 15 is 0 Å². The van der Waals surface area contributed by atoms with Crippen LogP contribution in [0.25, 0.3) is 16.1 Å². The molecule has 2 aromatic carbocycles. The number of rotatable bonds is 3. The summed E-state index contributed by atoms with van der Waals surface area (Å²) in [6, 6.07) is 18.1. The number of carbonyl (C=O) groups is 1. The third-order valence-electron chi connectivity index (χ3n) is 5.27. The molecule has 0 saturated carbocycles. The molecule has 6 nitrogen and oxygen atoms in total. The van der Waals surface area contributed by atoms with Crippen molar-refractivity contribution in [1.82, 2.24) is 24.7 Å². The molecule has 7 heteroatoms. The second-order valence-corrected chi connectivity index (χ2v) is 8.00. The zero-order valence-electron chi connectivity index (χ0n) is 15.2. The SMILES string of the molecule is O=C(c1ccc(-c2ccccc2)cc1)N1CCC(c2nn3cnnc3s2)CC1. The Morgan fingerprint density at radius 2 is 1.68 bits per heavy atom. The molecule has 0 bridgehead atoms. The van der Waals surface area contributed by atoms with Gasteiger partial charge >= 0.3 is 0 Å². The quantitative estimate of drug-likeness (QED) is 0.534. The largest absolute Gasteiger partial charge is 0.339 e. The van der Waals surface area contributed by atoms with Crippen LogP contribution in [0.4, 0.5) is 0 Å². The van der Waals surface area contributed by atoms with E-state index in [1.165, 1.54) is 0 Å². The minimum Gasteiger partial charge on any atom is -0.339 e. The highest BCUT2D eigenvalue weighted by Gasteiger charge is 2.27. The number of hydrogen-bond donors (Lipinski definition) is 0. The first-order chi connectivity index (χ1) is 13.8. The summed E-state index contributed by atoms with van der Waals surface area (Å²) < 4.78 is 1.73. The molecule has 0 radical (unpaired) electrons. The first kappa shape index (κ1) is 17.1. The third-order valence-corrected chi connectivity index (χ3v) is 6.35. The number of likely N-dealkylation sites (tertiary alicyclic amines) is 1. The fourth-order valence-electron chi connectivity index (χ4n) is 3.69. The van der Waals surface area contributed by atoms with E-state index in [-0.39, 0.29) is 5.91 Å². The zero-order valence-corrected chi connectivity index (χ0v) is 16.0. The van der Waals surface area contributed by atoms with Gasteiger partial charge in [-0.05, 0) is 36.1 Å². The zero-order chi connectivity index (χ0) is 18.9. The second kappa shape index (κ2) is 7.16. The molecule has 1 saturated heterocycles. The Hall–Kier alpha value is -3.06. The minimum atomic E-state index is 0.108. The molecule has 0 spiro atoms. The highest BCUT2D eigenvalue weighted by molar-refractivity contribution is 7.16. The van der Waals surface area contributed by atoms with Crippen molar-refractivity contribution < 1.29 is 4.79 Å². The van der Waals surface area contributed by atoms with Crippen molar-refractivity contribution in [2.24, 2.45) is 0 Å². The predicted octanol–water partition coefficient (Wildman–Crippen LogP) is 3.87. The first-order valence-electron chi connectivity index (χ1n) is 9.39. The Labute approximate surface area is 166 Å². The van der Waals surface area contributed by atoms with Crippen LogP contribution in [0.1, 0.15) is 34.1 Å². The lowest BCUT2D eigenvalue weighted by Gasteiger charge is -2.31. The van der Waals surface area contributed by atoms with Crippen LogP contribution in [0.5, 0.6) is 0 Å². The minimum absolute atomic E-state index is 0.108. The summed E-state index contributed by atoms with van der Waals surface area (Å²) in [5.74, 6) is 0.493. The highest BCUT2D eigenvalue weighted by atomic mass is 32.1. The lowest BCUT2D eigenvalue weighted by molar-refractivity contribution is 0.0713. The van der Waals surface area contributed by atoms with E-state index in [2.05, 4.69) is 27.4 Å². The Bertz CT molecular complexity index is 1070. The van der Waals surface area contributed by atoms with Gasteiger partial charge in [0.15, 0.2) is 0 Å². The molecule has 1 aliphatic rings. The van der Waals surface area contributed by atoms with Gasteiger partial charge in [0.25, 0.3) is 5.91 Å². The molecule has 3 heterocycles. The van der Waals surface area contributed by atoms with Crippen LogP contribution in [0, 0.1) is 0 Å². The predicted molar refractivity (Wildman–Crippen MR) is 108 cm³/mol. The molecular weight excluding hydrogens is 370 g/mol. The topological polar surface area (TPSA) is 63.4 Å². The fraction of sp³-hybridized carbons (Fsp3) is 0.238. The van der Waals surface area contributed by atoms with Crippen LogP contribution in [0.2, 0.25) is 0 Å². The second-order valence-electron chi connectivity index (χ2n) is 7.01. The molecule has 2 aromatic heterocycles. The van der Waals surface area contributed by atoms with Crippen molar-refractivity contribution in [3.63, 3.8) is 0 Å². The summed E-state index contributed by atoms with van der Waals surface area (Å²) in [6.45, 7) is 1.51. The van der Waals surface area contributed by atoms with Gasteiger partial charge in [-0.1, -0.05) is 53.8 Å². The molecular formula is C21H19N5OS. The maximum Gasteiger partial charge on any atom is 0.253 e.